The molecule has 0 aliphatic carbocycles. The van der Waals surface area contributed by atoms with E-state index < -0.39 is 0 Å². The first-order valence-corrected chi connectivity index (χ1v) is 7.73. The molecule has 0 aliphatic rings. The Morgan fingerprint density at radius 3 is 2.43 bits per heavy atom. The lowest BCUT2D eigenvalue weighted by molar-refractivity contribution is 0.202. The van der Waals surface area contributed by atoms with E-state index in [9.17, 15) is 0 Å². The van der Waals surface area contributed by atoms with Crippen molar-refractivity contribution < 1.29 is 9.47 Å². The molecule has 2 N–H and O–H groups in total. The van der Waals surface area contributed by atoms with Gasteiger partial charge in [0.1, 0.15) is 11.9 Å². The van der Waals surface area contributed by atoms with Crippen LogP contribution >= 0.6 is 15.9 Å². The summed E-state index contributed by atoms with van der Waals surface area (Å²) in [6.07, 6.45) is 0.742. The van der Waals surface area contributed by atoms with Crippen molar-refractivity contribution >= 4 is 15.9 Å². The third kappa shape index (κ3) is 4.56. The number of hydrogen-bond donors (Lipinski definition) is 1. The predicted octanol–water partition coefficient (Wildman–Crippen LogP) is 3.72. The van der Waals surface area contributed by atoms with Gasteiger partial charge >= 0.3 is 0 Å². The molecule has 0 spiro atoms. The normalized spacial score (nSPS) is 12.1. The second-order valence-corrected chi connectivity index (χ2v) is 5.60. The number of halogens is 1. The van der Waals surface area contributed by atoms with Crippen LogP contribution in [0.25, 0.3) is 0 Å². The Balaban J connectivity index is 2.07. The number of methoxy groups -OCH3 is 1. The Morgan fingerprint density at radius 1 is 1.10 bits per heavy atom. The van der Waals surface area contributed by atoms with Crippen LogP contribution in [0.5, 0.6) is 5.75 Å². The summed E-state index contributed by atoms with van der Waals surface area (Å²) in [7, 11) is 1.71. The molecular weight excluding hydrogens is 330 g/mol. The molecule has 112 valence electrons. The molecule has 2 rings (SSSR count). The Labute approximate surface area is 134 Å². The summed E-state index contributed by atoms with van der Waals surface area (Å²) in [5, 5.41) is 0. The molecule has 4 heteroatoms. The Kier molecular flexibility index (Phi) is 6.23. The lowest BCUT2D eigenvalue weighted by atomic mass is 10.1. The van der Waals surface area contributed by atoms with Crippen LogP contribution < -0.4 is 10.5 Å². The van der Waals surface area contributed by atoms with Gasteiger partial charge in [-0.05, 0) is 30.2 Å². The van der Waals surface area contributed by atoms with Crippen LogP contribution in [0.4, 0.5) is 0 Å². The Morgan fingerprint density at radius 2 is 1.81 bits per heavy atom. The number of rotatable bonds is 7. The molecule has 0 amide bonds. The largest absolute Gasteiger partial charge is 0.484 e. The lowest BCUT2D eigenvalue weighted by Crippen LogP contribution is -2.18. The average molecular weight is 350 g/mol. The topological polar surface area (TPSA) is 44.5 Å². The number of hydrogen-bond acceptors (Lipinski definition) is 3. The van der Waals surface area contributed by atoms with E-state index in [0.29, 0.717) is 6.54 Å². The van der Waals surface area contributed by atoms with Crippen molar-refractivity contribution in [2.45, 2.75) is 12.5 Å². The SMILES string of the molecule is COCCc1ccc(OC(CN)c2ccccc2Br)cc1. The molecule has 0 saturated carbocycles. The molecule has 21 heavy (non-hydrogen) atoms. The quantitative estimate of drug-likeness (QED) is 0.828. The minimum atomic E-state index is -0.162. The molecule has 0 heterocycles. The summed E-state index contributed by atoms with van der Waals surface area (Å²) in [6, 6.07) is 16.1. The Hall–Kier alpha value is -1.36. The van der Waals surface area contributed by atoms with Gasteiger partial charge in [0.05, 0.1) is 6.61 Å². The summed E-state index contributed by atoms with van der Waals surface area (Å²) >= 11 is 3.54. The van der Waals surface area contributed by atoms with Gasteiger partial charge in [0.15, 0.2) is 0 Å². The van der Waals surface area contributed by atoms with Gasteiger partial charge < -0.3 is 15.2 Å². The standard InChI is InChI=1S/C17H20BrNO2/c1-20-11-10-13-6-8-14(9-7-13)21-17(12-19)15-4-2-3-5-16(15)18/h2-9,17H,10-12,19H2,1H3. The maximum Gasteiger partial charge on any atom is 0.137 e. The fourth-order valence-corrected chi connectivity index (χ4v) is 2.63. The highest BCUT2D eigenvalue weighted by Crippen LogP contribution is 2.27. The van der Waals surface area contributed by atoms with E-state index in [1.807, 2.05) is 36.4 Å². The van der Waals surface area contributed by atoms with Crippen LogP contribution in [0.15, 0.2) is 53.0 Å². The molecule has 0 bridgehead atoms. The van der Waals surface area contributed by atoms with Gasteiger partial charge in [0.2, 0.25) is 0 Å². The maximum atomic E-state index is 6.00. The first-order chi connectivity index (χ1) is 10.2. The van der Waals surface area contributed by atoms with E-state index in [-0.39, 0.29) is 6.10 Å². The lowest BCUT2D eigenvalue weighted by Gasteiger charge is -2.19. The van der Waals surface area contributed by atoms with Crippen LogP contribution in [0, 0.1) is 0 Å². The van der Waals surface area contributed by atoms with Crippen LogP contribution in [-0.4, -0.2) is 20.3 Å². The second-order valence-electron chi connectivity index (χ2n) is 4.75. The minimum absolute atomic E-state index is 0.162. The molecule has 0 aliphatic heterocycles. The van der Waals surface area contributed by atoms with Crippen LogP contribution in [0.2, 0.25) is 0 Å². The zero-order valence-electron chi connectivity index (χ0n) is 12.1. The van der Waals surface area contributed by atoms with Crippen molar-refractivity contribution in [2.75, 3.05) is 20.3 Å². The maximum absolute atomic E-state index is 6.00. The highest BCUT2D eigenvalue weighted by molar-refractivity contribution is 9.10. The third-order valence-electron chi connectivity index (χ3n) is 3.26. The van der Waals surface area contributed by atoms with Crippen molar-refractivity contribution in [1.29, 1.82) is 0 Å². The monoisotopic (exact) mass is 349 g/mol. The molecule has 0 radical (unpaired) electrons. The highest BCUT2D eigenvalue weighted by Gasteiger charge is 2.14. The molecule has 1 unspecified atom stereocenters. The minimum Gasteiger partial charge on any atom is -0.484 e. The van der Waals surface area contributed by atoms with E-state index in [2.05, 4.69) is 28.1 Å². The third-order valence-corrected chi connectivity index (χ3v) is 3.98. The molecule has 2 aromatic carbocycles. The molecule has 2 aromatic rings. The molecular formula is C17H20BrNO2. The molecule has 1 atom stereocenters. The van der Waals surface area contributed by atoms with Gasteiger partial charge in [-0.2, -0.15) is 0 Å². The smallest absolute Gasteiger partial charge is 0.137 e. The first-order valence-electron chi connectivity index (χ1n) is 6.93. The summed E-state index contributed by atoms with van der Waals surface area (Å²) in [6.45, 7) is 1.15. The summed E-state index contributed by atoms with van der Waals surface area (Å²) in [5.74, 6) is 0.822. The first kappa shape index (κ1) is 16.0. The fourth-order valence-electron chi connectivity index (χ4n) is 2.09. The summed E-state index contributed by atoms with van der Waals surface area (Å²) in [4.78, 5) is 0. The van der Waals surface area contributed by atoms with Gasteiger partial charge in [0, 0.05) is 23.7 Å². The van der Waals surface area contributed by atoms with E-state index in [0.717, 1.165) is 28.8 Å². The zero-order chi connectivity index (χ0) is 15.1. The van der Waals surface area contributed by atoms with Gasteiger partial charge in [-0.3, -0.25) is 0 Å². The number of ether oxygens (including phenoxy) is 2. The Bertz CT molecular complexity index is 557. The van der Waals surface area contributed by atoms with E-state index in [1.54, 1.807) is 7.11 Å². The van der Waals surface area contributed by atoms with Crippen LogP contribution in [0.1, 0.15) is 17.2 Å². The highest BCUT2D eigenvalue weighted by atomic mass is 79.9. The fraction of sp³-hybridized carbons (Fsp3) is 0.294. The van der Waals surface area contributed by atoms with Gasteiger partial charge in [-0.25, -0.2) is 0 Å². The molecule has 0 aromatic heterocycles. The van der Waals surface area contributed by atoms with Gasteiger partial charge in [-0.15, -0.1) is 0 Å². The molecule has 3 nitrogen and oxygen atoms in total. The summed E-state index contributed by atoms with van der Waals surface area (Å²) in [5.41, 5.74) is 8.14. The summed E-state index contributed by atoms with van der Waals surface area (Å²) < 4.78 is 12.1. The van der Waals surface area contributed by atoms with Crippen molar-refractivity contribution in [1.82, 2.24) is 0 Å². The molecule has 0 fully saturated rings. The van der Waals surface area contributed by atoms with Crippen LogP contribution in [0.3, 0.4) is 0 Å². The number of benzene rings is 2. The number of nitrogens with two attached hydrogens (primary N) is 1. The van der Waals surface area contributed by atoms with Crippen molar-refractivity contribution in [3.8, 4) is 5.75 Å². The van der Waals surface area contributed by atoms with E-state index in [1.165, 1.54) is 5.56 Å². The average Bonchev–Trinajstić information content (AvgIpc) is 2.52. The van der Waals surface area contributed by atoms with Crippen molar-refractivity contribution in [3.05, 3.63) is 64.1 Å². The zero-order valence-corrected chi connectivity index (χ0v) is 13.7. The van der Waals surface area contributed by atoms with Crippen molar-refractivity contribution in [3.63, 3.8) is 0 Å². The van der Waals surface area contributed by atoms with Crippen LogP contribution in [-0.2, 0) is 11.2 Å². The molecule has 0 saturated heterocycles. The van der Waals surface area contributed by atoms with E-state index >= 15 is 0 Å². The second kappa shape index (κ2) is 8.17. The predicted molar refractivity (Wildman–Crippen MR) is 88.6 cm³/mol. The van der Waals surface area contributed by atoms with Crippen molar-refractivity contribution in [2.24, 2.45) is 5.73 Å². The van der Waals surface area contributed by atoms with Gasteiger partial charge in [-0.1, -0.05) is 46.3 Å². The van der Waals surface area contributed by atoms with E-state index in [4.69, 9.17) is 15.2 Å². The van der Waals surface area contributed by atoms with Gasteiger partial charge in [0.25, 0.3) is 0 Å².